The van der Waals surface area contributed by atoms with E-state index in [1.54, 1.807) is 57.4 Å². The van der Waals surface area contributed by atoms with E-state index in [9.17, 15) is 0 Å². The third-order valence-corrected chi connectivity index (χ3v) is 11.2. The van der Waals surface area contributed by atoms with E-state index in [1.807, 2.05) is 0 Å². The lowest BCUT2D eigenvalue weighted by Crippen LogP contribution is -2.29. The van der Waals surface area contributed by atoms with Gasteiger partial charge in [-0.2, -0.15) is 0 Å². The molecule has 0 aromatic carbocycles. The molecule has 3 aliphatic carbocycles. The molecule has 0 N–H and O–H groups in total. The molecule has 0 radical (unpaired) electrons. The van der Waals surface area contributed by atoms with Crippen LogP contribution in [0.15, 0.2) is 12.2 Å². The molecule has 0 spiro atoms. The zero-order chi connectivity index (χ0) is 18.2. The fraction of sp³-hybridized carbons (Fsp3) is 0.920. The summed E-state index contributed by atoms with van der Waals surface area (Å²) in [6.45, 7) is 4.64. The van der Waals surface area contributed by atoms with Gasteiger partial charge in [0.25, 0.3) is 0 Å². The van der Waals surface area contributed by atoms with Crippen LogP contribution in [0.3, 0.4) is 0 Å². The molecule has 150 valence electrons. The Hall–Kier alpha value is -0.0431. The molecule has 0 saturated heterocycles. The van der Waals surface area contributed by atoms with Crippen molar-refractivity contribution < 1.29 is 0 Å². The van der Waals surface area contributed by atoms with Crippen LogP contribution in [0, 0.1) is 29.6 Å². The van der Waals surface area contributed by atoms with E-state index < -0.39 is 0 Å². The third-order valence-electron chi connectivity index (χ3n) is 8.47. The lowest BCUT2D eigenvalue weighted by molar-refractivity contribution is 0.117. The van der Waals surface area contributed by atoms with Gasteiger partial charge in [0.05, 0.1) is 0 Å². The Morgan fingerprint density at radius 2 is 1.12 bits per heavy atom. The van der Waals surface area contributed by atoms with Crippen LogP contribution in [0.4, 0.5) is 0 Å². The molecule has 3 rings (SSSR count). The SMILES string of the molecule is CCC=CC1CCC(C2CCC(C3CCC([SiH2]CCC)CC3)CC2)CC1. The van der Waals surface area contributed by atoms with Crippen molar-refractivity contribution in [3.63, 3.8) is 0 Å². The maximum Gasteiger partial charge on any atom is 0.0231 e. The highest BCUT2D eigenvalue weighted by molar-refractivity contribution is 6.37. The molecular weight excluding hydrogens is 328 g/mol. The number of hydrogen-bond donors (Lipinski definition) is 0. The molecule has 0 aliphatic heterocycles. The van der Waals surface area contributed by atoms with Crippen molar-refractivity contribution in [1.29, 1.82) is 0 Å². The Bertz CT molecular complexity index is 390. The van der Waals surface area contributed by atoms with Crippen molar-refractivity contribution in [3.8, 4) is 0 Å². The summed E-state index contributed by atoms with van der Waals surface area (Å²) in [4.78, 5) is 0. The Balaban J connectivity index is 1.34. The molecule has 3 fully saturated rings. The van der Waals surface area contributed by atoms with Gasteiger partial charge in [0.2, 0.25) is 0 Å². The molecular formula is C25H46Si. The molecule has 0 aromatic heterocycles. The minimum atomic E-state index is 0.278. The van der Waals surface area contributed by atoms with E-state index in [1.165, 1.54) is 44.1 Å². The molecule has 0 nitrogen and oxygen atoms in total. The predicted molar refractivity (Wildman–Crippen MR) is 120 cm³/mol. The van der Waals surface area contributed by atoms with Crippen LogP contribution in [0.25, 0.3) is 0 Å². The lowest BCUT2D eigenvalue weighted by atomic mass is 9.65. The van der Waals surface area contributed by atoms with E-state index in [0.29, 0.717) is 0 Å². The van der Waals surface area contributed by atoms with Gasteiger partial charge in [-0.3, -0.25) is 0 Å². The van der Waals surface area contributed by atoms with Gasteiger partial charge < -0.3 is 0 Å². The normalized spacial score (nSPS) is 39.8. The van der Waals surface area contributed by atoms with E-state index in [0.717, 1.165) is 29.6 Å². The standard InChI is InChI=1S/C25H46Si/c1-3-5-6-20-7-9-21(10-8-20)22-11-13-23(14-12-22)24-15-17-25(18-16-24)26-19-4-2/h5-6,20-25H,3-4,7-19,26H2,1-2H3. The minimum Gasteiger partial charge on any atom is -0.0885 e. The Morgan fingerprint density at radius 3 is 1.58 bits per heavy atom. The highest BCUT2D eigenvalue weighted by Crippen LogP contribution is 2.46. The Labute approximate surface area is 166 Å². The first-order valence-corrected chi connectivity index (χ1v) is 14.3. The maximum atomic E-state index is 2.52. The topological polar surface area (TPSA) is 0 Å². The summed E-state index contributed by atoms with van der Waals surface area (Å²) < 4.78 is 0. The third kappa shape index (κ3) is 5.98. The van der Waals surface area contributed by atoms with Gasteiger partial charge in [0.1, 0.15) is 0 Å². The first-order valence-electron chi connectivity index (χ1n) is 12.5. The van der Waals surface area contributed by atoms with Gasteiger partial charge in [-0.15, -0.1) is 0 Å². The number of hydrogen-bond acceptors (Lipinski definition) is 0. The molecule has 0 heterocycles. The molecule has 0 aromatic rings. The van der Waals surface area contributed by atoms with E-state index in [-0.39, 0.29) is 9.52 Å². The maximum absolute atomic E-state index is 2.52. The first kappa shape index (κ1) is 20.7. The van der Waals surface area contributed by atoms with E-state index >= 15 is 0 Å². The zero-order valence-corrected chi connectivity index (χ0v) is 19.3. The fourth-order valence-corrected chi connectivity index (χ4v) is 8.70. The van der Waals surface area contributed by atoms with Crippen LogP contribution in [0.1, 0.15) is 104 Å². The van der Waals surface area contributed by atoms with Gasteiger partial charge in [-0.1, -0.05) is 69.7 Å². The summed E-state index contributed by atoms with van der Waals surface area (Å²) in [5, 5.41) is 0. The predicted octanol–water partition coefficient (Wildman–Crippen LogP) is 7.54. The summed E-state index contributed by atoms with van der Waals surface area (Å²) in [6, 6.07) is 1.61. The van der Waals surface area contributed by atoms with Crippen LogP contribution < -0.4 is 0 Å². The van der Waals surface area contributed by atoms with Crippen LogP contribution in [0.5, 0.6) is 0 Å². The second kappa shape index (κ2) is 11.1. The molecule has 26 heavy (non-hydrogen) atoms. The molecule has 0 bridgehead atoms. The fourth-order valence-electron chi connectivity index (χ4n) is 6.67. The Kier molecular flexibility index (Phi) is 8.81. The lowest BCUT2D eigenvalue weighted by Gasteiger charge is -2.41. The average molecular weight is 375 g/mol. The second-order valence-electron chi connectivity index (χ2n) is 10.1. The van der Waals surface area contributed by atoms with Gasteiger partial charge in [-0.25, -0.2) is 0 Å². The smallest absolute Gasteiger partial charge is 0.0231 e. The summed E-state index contributed by atoms with van der Waals surface area (Å²) >= 11 is 0. The van der Waals surface area contributed by atoms with Crippen molar-refractivity contribution in [2.45, 2.75) is 115 Å². The van der Waals surface area contributed by atoms with Gasteiger partial charge in [0, 0.05) is 9.52 Å². The van der Waals surface area contributed by atoms with Crippen molar-refractivity contribution in [2.24, 2.45) is 29.6 Å². The molecule has 0 unspecified atom stereocenters. The summed E-state index contributed by atoms with van der Waals surface area (Å²) in [6.07, 6.45) is 26.4. The second-order valence-corrected chi connectivity index (χ2v) is 12.5. The van der Waals surface area contributed by atoms with Gasteiger partial charge in [0.15, 0.2) is 0 Å². The number of allylic oxidation sites excluding steroid dienone is 2. The largest absolute Gasteiger partial charge is 0.0885 e. The van der Waals surface area contributed by atoms with Crippen molar-refractivity contribution in [3.05, 3.63) is 12.2 Å². The molecule has 3 aliphatic rings. The van der Waals surface area contributed by atoms with Gasteiger partial charge >= 0.3 is 0 Å². The van der Waals surface area contributed by atoms with Gasteiger partial charge in [-0.05, 0) is 87.4 Å². The minimum absolute atomic E-state index is 0.278. The zero-order valence-electron chi connectivity index (χ0n) is 17.9. The summed E-state index contributed by atoms with van der Waals surface area (Å²) in [7, 11) is 0.278. The highest BCUT2D eigenvalue weighted by atomic mass is 28.2. The van der Waals surface area contributed by atoms with Crippen molar-refractivity contribution >= 4 is 9.52 Å². The van der Waals surface area contributed by atoms with Crippen molar-refractivity contribution in [2.75, 3.05) is 0 Å². The molecule has 3 saturated carbocycles. The van der Waals surface area contributed by atoms with Crippen LogP contribution in [-0.4, -0.2) is 9.52 Å². The molecule has 1 heteroatoms. The summed E-state index contributed by atoms with van der Waals surface area (Å²) in [5.41, 5.74) is 1.22. The number of rotatable bonds is 7. The average Bonchev–Trinajstić information content (AvgIpc) is 2.72. The molecule has 0 amide bonds. The van der Waals surface area contributed by atoms with Crippen LogP contribution >= 0.6 is 0 Å². The van der Waals surface area contributed by atoms with Crippen molar-refractivity contribution in [1.82, 2.24) is 0 Å². The summed E-state index contributed by atoms with van der Waals surface area (Å²) in [5.74, 6) is 5.32. The van der Waals surface area contributed by atoms with E-state index in [4.69, 9.17) is 0 Å². The Morgan fingerprint density at radius 1 is 0.654 bits per heavy atom. The molecule has 0 atom stereocenters. The first-order chi connectivity index (χ1) is 12.8. The highest BCUT2D eigenvalue weighted by Gasteiger charge is 2.34. The monoisotopic (exact) mass is 374 g/mol. The van der Waals surface area contributed by atoms with Crippen LogP contribution in [-0.2, 0) is 0 Å². The van der Waals surface area contributed by atoms with E-state index in [2.05, 4.69) is 26.0 Å². The van der Waals surface area contributed by atoms with Crippen LogP contribution in [0.2, 0.25) is 11.6 Å². The quantitative estimate of drug-likeness (QED) is 0.319.